The number of phenols is 2. The molecular formula is C109H114BClN2O23. The van der Waals surface area contributed by atoms with Crippen LogP contribution in [0.5, 0.6) is 57.5 Å². The average molecular weight is 1870 g/mol. The zero-order valence-corrected chi connectivity index (χ0v) is 76.0. The Morgan fingerprint density at radius 3 is 0.890 bits per heavy atom. The van der Waals surface area contributed by atoms with E-state index in [0.29, 0.717) is 132 Å². The molecule has 2 saturated heterocycles. The largest absolute Gasteiger partial charge is 0.508 e. The van der Waals surface area contributed by atoms with Crippen molar-refractivity contribution in [1.82, 2.24) is 0 Å². The van der Waals surface area contributed by atoms with Crippen molar-refractivity contribution in [3.05, 3.63) is 320 Å². The average Bonchev–Trinajstić information content (AvgIpc) is 1.62. The van der Waals surface area contributed by atoms with Crippen LogP contribution < -0.4 is 64.6 Å². The van der Waals surface area contributed by atoms with Gasteiger partial charge in [0.15, 0.2) is 0 Å². The zero-order chi connectivity index (χ0) is 95.0. The standard InChI is InChI=1S/C64H61NO14.C22H21ClO5.C20H21NO4.CH3B.2CH4/c1-42(44-11-27-52(28-12-44)76-63(70)47-15-23-50(24-16-47)72-35-7-3-5-9-37-74-54-29-13-45-19-33-59(66)78-57(45)40-54)39-56-43(2)61(68)65(62(56)69)49-21-31-53(32-22-49)77-64(71)48-17-25-51(26-18-48)73-36-8-4-6-10-38-75-55-30-14-46-20-34-60(67)79-58(46)41-55;23-22(25)17-6-9-18(10-7-17)26-13-3-1-2-4-14-27-19-11-5-16-8-12-21(24)28-20(16)15-19;1-12(14-3-7-16(22)8-4-14)11-18-13(2)19(24)21(20(18)25)15-5-9-17(23)10-6-15;1-2;;/h11-34,40-43,56H,3-10,35-39H2,1-2H3;5-12,15H,1-4,13-14H2;3-10,12-13,18,22-23H,11H2,1-2H3;1H3;2*1H4. The number of fused-ring (bicyclic) bond motifs is 3. The summed E-state index contributed by atoms with van der Waals surface area (Å²) in [6.45, 7) is 12.5. The minimum atomic E-state index is -0.564. The first-order valence-corrected chi connectivity index (χ1v) is 45.3. The van der Waals surface area contributed by atoms with Crippen molar-refractivity contribution in [2.24, 2.45) is 23.7 Å². The van der Waals surface area contributed by atoms with Crippen LogP contribution in [0.4, 0.5) is 11.4 Å². The molecule has 0 bridgehead atoms. The molecule has 10 aromatic carbocycles. The second-order valence-corrected chi connectivity index (χ2v) is 32.9. The summed E-state index contributed by atoms with van der Waals surface area (Å²) >= 11 is 5.41. The van der Waals surface area contributed by atoms with E-state index in [9.17, 15) is 58.2 Å². The summed E-state index contributed by atoms with van der Waals surface area (Å²) in [7, 11) is 4.50. The maximum atomic E-state index is 13.8. The molecule has 6 unspecified atom stereocenters. The summed E-state index contributed by atoms with van der Waals surface area (Å²) < 4.78 is 61.7. The number of carbonyl (C=O) groups excluding carboxylic acids is 7. The molecule has 5 heterocycles. The molecule has 3 aromatic heterocycles. The summed E-state index contributed by atoms with van der Waals surface area (Å²) in [6.07, 6.45) is 12.2. The van der Waals surface area contributed by atoms with Crippen LogP contribution in [0.15, 0.2) is 288 Å². The molecule has 2 aliphatic rings. The van der Waals surface area contributed by atoms with Crippen LogP contribution in [0.3, 0.4) is 0 Å². The molecule has 2 N–H and O–H groups in total. The number of phenolic OH excluding ortho intramolecular Hbond substituents is 2. The van der Waals surface area contributed by atoms with Gasteiger partial charge in [0.1, 0.15) is 74.2 Å². The number of amides is 4. The minimum Gasteiger partial charge on any atom is -0.508 e. The first kappa shape index (κ1) is 104. The van der Waals surface area contributed by atoms with E-state index in [1.807, 2.05) is 74.5 Å². The minimum absolute atomic E-state index is 0. The first-order valence-electron chi connectivity index (χ1n) is 44.9. The van der Waals surface area contributed by atoms with E-state index < -0.39 is 40.3 Å². The third-order valence-corrected chi connectivity index (χ3v) is 23.2. The highest BCUT2D eigenvalue weighted by molar-refractivity contribution is 6.67. The third-order valence-electron chi connectivity index (χ3n) is 23.0. The Bertz CT molecular complexity index is 6310. The molecule has 15 rings (SSSR count). The number of hydrogen-bond donors (Lipinski definition) is 2. The lowest BCUT2D eigenvalue weighted by molar-refractivity contribution is -0.124. The van der Waals surface area contributed by atoms with E-state index in [1.54, 1.807) is 184 Å². The molecule has 0 spiro atoms. The number of ether oxygens (including phenoxy) is 8. The third kappa shape index (κ3) is 29.5. The lowest BCUT2D eigenvalue weighted by atomic mass is 9.85. The summed E-state index contributed by atoms with van der Waals surface area (Å²) in [5, 5.41) is 20.9. The van der Waals surface area contributed by atoms with Crippen molar-refractivity contribution in [2.45, 2.75) is 151 Å². The molecule has 2 aliphatic heterocycles. The molecule has 2 radical (unpaired) electrons. The number of aromatic hydroxyl groups is 2. The maximum Gasteiger partial charge on any atom is 0.343 e. The fraction of sp³-hybridized carbons (Fsp3) is 0.303. The van der Waals surface area contributed by atoms with Crippen LogP contribution in [0, 0.1) is 23.7 Å². The Balaban J connectivity index is 0.000000271. The monoisotopic (exact) mass is 1860 g/mol. The quantitative estimate of drug-likeness (QED) is 0.00685. The number of hydrogen-bond acceptors (Lipinski definition) is 23. The number of nitrogens with zero attached hydrogens (tertiary/aromatic N) is 2. The number of esters is 2. The predicted molar refractivity (Wildman–Crippen MR) is 526 cm³/mol. The Labute approximate surface area is 796 Å². The molecule has 13 aromatic rings. The maximum absolute atomic E-state index is 13.8. The van der Waals surface area contributed by atoms with Crippen molar-refractivity contribution in [1.29, 1.82) is 0 Å². The second kappa shape index (κ2) is 51.6. The molecule has 0 saturated carbocycles. The van der Waals surface area contributed by atoms with Gasteiger partial charge in [-0.1, -0.05) is 73.6 Å². The Hall–Kier alpha value is -14.5. The summed E-state index contributed by atoms with van der Waals surface area (Å²) in [4.78, 5) is 127. The van der Waals surface area contributed by atoms with Crippen LogP contribution in [0.25, 0.3) is 32.9 Å². The number of halogens is 1. The number of benzene rings is 10. The van der Waals surface area contributed by atoms with E-state index in [1.165, 1.54) is 47.0 Å². The van der Waals surface area contributed by atoms with Gasteiger partial charge in [-0.3, -0.25) is 33.8 Å². The van der Waals surface area contributed by atoms with Gasteiger partial charge in [0.2, 0.25) is 23.6 Å². The lowest BCUT2D eigenvalue weighted by Gasteiger charge is -2.19. The molecule has 708 valence electrons. The highest BCUT2D eigenvalue weighted by Gasteiger charge is 2.47. The molecule has 25 nitrogen and oxygen atoms in total. The number of rotatable bonds is 40. The van der Waals surface area contributed by atoms with Crippen molar-refractivity contribution in [3.8, 4) is 57.5 Å². The van der Waals surface area contributed by atoms with Crippen LogP contribution in [0.2, 0.25) is 6.82 Å². The molecule has 6 atom stereocenters. The number of imide groups is 2. The molecular weight excluding hydrogens is 1750 g/mol. The highest BCUT2D eigenvalue weighted by Crippen LogP contribution is 2.41. The van der Waals surface area contributed by atoms with Gasteiger partial charge in [-0.05, 0) is 325 Å². The van der Waals surface area contributed by atoms with Crippen LogP contribution in [-0.2, 0) is 19.2 Å². The van der Waals surface area contributed by atoms with E-state index in [-0.39, 0.29) is 85.0 Å². The van der Waals surface area contributed by atoms with Gasteiger partial charge in [0.05, 0.1) is 81.8 Å². The Morgan fingerprint density at radius 1 is 0.331 bits per heavy atom. The van der Waals surface area contributed by atoms with Gasteiger partial charge < -0.3 is 61.4 Å². The number of anilines is 2. The fourth-order valence-corrected chi connectivity index (χ4v) is 15.5. The molecule has 4 amide bonds. The summed E-state index contributed by atoms with van der Waals surface area (Å²) in [5.74, 6) is 1.01. The van der Waals surface area contributed by atoms with Crippen molar-refractivity contribution < 1.29 is 94.9 Å². The first-order chi connectivity index (χ1) is 64.9. The summed E-state index contributed by atoms with van der Waals surface area (Å²) in [6, 6.07) is 72.6. The number of carbonyl (C=O) groups is 7. The Kier molecular flexibility index (Phi) is 39.3. The van der Waals surface area contributed by atoms with Crippen molar-refractivity contribution in [3.63, 3.8) is 0 Å². The van der Waals surface area contributed by atoms with E-state index in [2.05, 4.69) is 7.85 Å². The smallest absolute Gasteiger partial charge is 0.343 e. The van der Waals surface area contributed by atoms with Gasteiger partial charge in [-0.2, -0.15) is 0 Å². The zero-order valence-electron chi connectivity index (χ0n) is 75.2. The predicted octanol–water partition coefficient (Wildman–Crippen LogP) is 22.8. The fourth-order valence-electron chi connectivity index (χ4n) is 15.4. The van der Waals surface area contributed by atoms with Gasteiger partial charge in [-0.15, -0.1) is 0 Å². The van der Waals surface area contributed by atoms with Crippen LogP contribution in [0.1, 0.15) is 186 Å². The summed E-state index contributed by atoms with van der Waals surface area (Å²) in [5.41, 5.74) is 4.38. The van der Waals surface area contributed by atoms with Gasteiger partial charge in [0, 0.05) is 70.0 Å². The van der Waals surface area contributed by atoms with Crippen LogP contribution in [-0.4, -0.2) is 98.5 Å². The van der Waals surface area contributed by atoms with Gasteiger partial charge in [-0.25, -0.2) is 24.0 Å². The molecule has 0 aliphatic carbocycles. The lowest BCUT2D eigenvalue weighted by Crippen LogP contribution is -2.30. The highest BCUT2D eigenvalue weighted by atomic mass is 35.5. The van der Waals surface area contributed by atoms with Crippen molar-refractivity contribution in [2.75, 3.05) is 49.4 Å². The second-order valence-electron chi connectivity index (χ2n) is 32.6. The van der Waals surface area contributed by atoms with E-state index >= 15 is 0 Å². The van der Waals surface area contributed by atoms with Gasteiger partial charge in [0.25, 0.3) is 5.24 Å². The molecule has 27 heteroatoms. The van der Waals surface area contributed by atoms with E-state index in [4.69, 9.17) is 62.7 Å². The van der Waals surface area contributed by atoms with E-state index in [0.717, 1.165) is 110 Å². The number of unbranched alkanes of at least 4 members (excludes halogenated alkanes) is 9. The van der Waals surface area contributed by atoms with Gasteiger partial charge >= 0.3 is 28.8 Å². The molecule has 136 heavy (non-hydrogen) atoms. The van der Waals surface area contributed by atoms with Crippen molar-refractivity contribution >= 4 is 105 Å². The van der Waals surface area contributed by atoms with Crippen LogP contribution >= 0.6 is 11.6 Å². The normalized spacial score (nSPS) is 14.7. The molecule has 2 fully saturated rings. The topological polar surface area (TPSA) is 331 Å². The Morgan fingerprint density at radius 2 is 0.581 bits per heavy atom. The SMILES string of the molecule is C.C.CC(CC1C(=O)N(c2ccc(O)cc2)C(=O)C1C)c1ccc(O)cc1.CC(CC1C(=O)N(c2ccc(OC(=O)c3ccc(OCCCCCCOc4ccc5ccc(=O)oc5c4)cc3)cc2)C(=O)C1C)c1ccc(OC(=O)c2ccc(OCCCCCCOc3ccc4ccc(=O)oc4c3)cc2)cc1.O=C(Cl)c1ccc(OCCCCCCOc2ccc3ccc(=O)oc3c2)cc1.[B]C.